The summed E-state index contributed by atoms with van der Waals surface area (Å²) in [7, 11) is 0. The number of anilines is 1. The molecule has 0 aliphatic carbocycles. The molecule has 0 radical (unpaired) electrons. The molecular formula is C13H17N3S2. The molecule has 2 aromatic rings. The number of thiazole rings is 1. The fourth-order valence-electron chi connectivity index (χ4n) is 1.34. The van der Waals surface area contributed by atoms with Crippen molar-refractivity contribution in [3.05, 3.63) is 34.4 Å². The van der Waals surface area contributed by atoms with Gasteiger partial charge in [-0.2, -0.15) is 0 Å². The van der Waals surface area contributed by atoms with Crippen molar-refractivity contribution in [1.82, 2.24) is 9.97 Å². The number of nitrogens with two attached hydrogens (primary N) is 1. The quantitative estimate of drug-likeness (QED) is 0.870. The monoisotopic (exact) mass is 279 g/mol. The Kier molecular flexibility index (Phi) is 3.92. The number of nitrogens with zero attached hydrogens (tertiary/aromatic N) is 2. The molecule has 0 aliphatic rings. The molecule has 96 valence electrons. The molecule has 2 N–H and O–H groups in total. The van der Waals surface area contributed by atoms with Crippen LogP contribution < -0.4 is 5.73 Å². The van der Waals surface area contributed by atoms with E-state index < -0.39 is 0 Å². The third kappa shape index (κ3) is 3.46. The van der Waals surface area contributed by atoms with Gasteiger partial charge in [0.05, 0.1) is 27.6 Å². The Morgan fingerprint density at radius 3 is 2.67 bits per heavy atom. The van der Waals surface area contributed by atoms with Gasteiger partial charge in [-0.3, -0.25) is 0 Å². The van der Waals surface area contributed by atoms with Crippen molar-refractivity contribution in [3.8, 4) is 0 Å². The lowest BCUT2D eigenvalue weighted by atomic mass is 9.98. The van der Waals surface area contributed by atoms with Crippen LogP contribution in [0, 0.1) is 0 Å². The maximum Gasteiger partial charge on any atom is 0.0982 e. The molecule has 0 spiro atoms. The zero-order valence-corrected chi connectivity index (χ0v) is 12.4. The molecule has 0 saturated heterocycles. The third-order valence-corrected chi connectivity index (χ3v) is 4.61. The van der Waals surface area contributed by atoms with Gasteiger partial charge in [-0.25, -0.2) is 9.97 Å². The lowest BCUT2D eigenvalue weighted by molar-refractivity contribution is 0.584. The third-order valence-electron chi connectivity index (χ3n) is 2.32. The van der Waals surface area contributed by atoms with E-state index in [2.05, 4.69) is 36.1 Å². The highest BCUT2D eigenvalue weighted by molar-refractivity contribution is 7.98. The first-order chi connectivity index (χ1) is 8.45. The summed E-state index contributed by atoms with van der Waals surface area (Å²) in [6.07, 6.45) is 1.68. The number of hydrogen-bond acceptors (Lipinski definition) is 5. The molecule has 0 fully saturated rings. The van der Waals surface area contributed by atoms with Gasteiger partial charge >= 0.3 is 0 Å². The first-order valence-corrected chi connectivity index (χ1v) is 7.61. The van der Waals surface area contributed by atoms with Gasteiger partial charge in [0.1, 0.15) is 0 Å². The number of thioether (sulfide) groups is 1. The number of aromatic nitrogens is 2. The number of nitrogen functional groups attached to an aromatic ring is 1. The summed E-state index contributed by atoms with van der Waals surface area (Å²) in [5.74, 6) is 0.851. The zero-order valence-electron chi connectivity index (χ0n) is 10.8. The highest BCUT2D eigenvalue weighted by Gasteiger charge is 2.17. The van der Waals surface area contributed by atoms with Gasteiger partial charge in [-0.1, -0.05) is 20.8 Å². The van der Waals surface area contributed by atoms with Crippen molar-refractivity contribution in [1.29, 1.82) is 0 Å². The van der Waals surface area contributed by atoms with Gasteiger partial charge in [0, 0.05) is 16.5 Å². The molecule has 2 heterocycles. The van der Waals surface area contributed by atoms with Crippen LogP contribution in [0.2, 0.25) is 0 Å². The first kappa shape index (κ1) is 13.4. The summed E-state index contributed by atoms with van der Waals surface area (Å²) < 4.78 is 0. The van der Waals surface area contributed by atoms with Crippen molar-refractivity contribution in [2.75, 3.05) is 5.73 Å². The van der Waals surface area contributed by atoms with Crippen LogP contribution in [0.5, 0.6) is 0 Å². The number of rotatable bonds is 3. The first-order valence-electron chi connectivity index (χ1n) is 5.74. The molecule has 18 heavy (non-hydrogen) atoms. The van der Waals surface area contributed by atoms with E-state index in [1.807, 2.05) is 12.1 Å². The van der Waals surface area contributed by atoms with Crippen LogP contribution in [0.3, 0.4) is 0 Å². The summed E-state index contributed by atoms with van der Waals surface area (Å²) in [6, 6.07) is 3.81. The second-order valence-electron chi connectivity index (χ2n) is 5.11. The molecule has 5 heteroatoms. The van der Waals surface area contributed by atoms with Crippen molar-refractivity contribution in [2.24, 2.45) is 0 Å². The predicted molar refractivity (Wildman–Crippen MR) is 79.0 cm³/mol. The predicted octanol–water partition coefficient (Wildman–Crippen LogP) is 3.71. The maximum absolute atomic E-state index is 5.60. The Morgan fingerprint density at radius 1 is 1.33 bits per heavy atom. The molecule has 2 rings (SSSR count). The Morgan fingerprint density at radius 2 is 2.11 bits per heavy atom. The van der Waals surface area contributed by atoms with E-state index in [-0.39, 0.29) is 5.41 Å². The second kappa shape index (κ2) is 5.28. The summed E-state index contributed by atoms with van der Waals surface area (Å²) in [5.41, 5.74) is 7.55. The molecule has 0 amide bonds. The Labute approximate surface area is 116 Å². The SMILES string of the molecule is CC(C)(C)c1nc(CSc2ccc(N)cn2)cs1. The van der Waals surface area contributed by atoms with Crippen LogP contribution >= 0.6 is 23.1 Å². The Bertz CT molecular complexity index is 512. The van der Waals surface area contributed by atoms with Gasteiger partial charge < -0.3 is 5.73 Å². The molecule has 0 saturated carbocycles. The standard InChI is InChI=1S/C13H17N3S2/c1-13(2,3)12-16-10(8-18-12)7-17-11-5-4-9(14)6-15-11/h4-6,8H,7,14H2,1-3H3. The number of pyridine rings is 1. The van der Waals surface area contributed by atoms with Crippen molar-refractivity contribution >= 4 is 28.8 Å². The molecule has 0 atom stereocenters. The summed E-state index contributed by atoms with van der Waals surface area (Å²) in [5, 5.41) is 4.29. The van der Waals surface area contributed by atoms with E-state index in [1.165, 1.54) is 5.01 Å². The largest absolute Gasteiger partial charge is 0.397 e. The minimum absolute atomic E-state index is 0.132. The maximum atomic E-state index is 5.60. The highest BCUT2D eigenvalue weighted by Crippen LogP contribution is 2.28. The van der Waals surface area contributed by atoms with Gasteiger partial charge in [-0.15, -0.1) is 23.1 Å². The van der Waals surface area contributed by atoms with E-state index in [4.69, 9.17) is 5.73 Å². The van der Waals surface area contributed by atoms with Gasteiger partial charge in [-0.05, 0) is 12.1 Å². The van der Waals surface area contributed by atoms with Crippen LogP contribution in [0.1, 0.15) is 31.5 Å². The minimum Gasteiger partial charge on any atom is -0.397 e. The summed E-state index contributed by atoms with van der Waals surface area (Å²) in [4.78, 5) is 8.92. The average molecular weight is 279 g/mol. The van der Waals surface area contributed by atoms with E-state index >= 15 is 0 Å². The van der Waals surface area contributed by atoms with Gasteiger partial charge in [0.15, 0.2) is 0 Å². The molecule has 0 bridgehead atoms. The summed E-state index contributed by atoms with van der Waals surface area (Å²) in [6.45, 7) is 6.55. The van der Waals surface area contributed by atoms with Crippen molar-refractivity contribution < 1.29 is 0 Å². The normalized spacial score (nSPS) is 11.7. The minimum atomic E-state index is 0.132. The number of hydrogen-bond donors (Lipinski definition) is 1. The second-order valence-corrected chi connectivity index (χ2v) is 6.97. The fourth-order valence-corrected chi connectivity index (χ4v) is 3.09. The molecule has 0 aliphatic heterocycles. The van der Waals surface area contributed by atoms with Crippen LogP contribution in [-0.2, 0) is 11.2 Å². The Hall–Kier alpha value is -1.07. The van der Waals surface area contributed by atoms with Crippen LogP contribution in [-0.4, -0.2) is 9.97 Å². The van der Waals surface area contributed by atoms with E-state index in [1.54, 1.807) is 29.3 Å². The molecule has 0 aromatic carbocycles. The van der Waals surface area contributed by atoms with Crippen molar-refractivity contribution in [3.63, 3.8) is 0 Å². The highest BCUT2D eigenvalue weighted by atomic mass is 32.2. The molecule has 0 unspecified atom stereocenters. The Balaban J connectivity index is 1.98. The van der Waals surface area contributed by atoms with Crippen LogP contribution in [0.25, 0.3) is 0 Å². The summed E-state index contributed by atoms with van der Waals surface area (Å²) >= 11 is 3.41. The van der Waals surface area contributed by atoms with Gasteiger partial charge in [0.25, 0.3) is 0 Å². The zero-order chi connectivity index (χ0) is 13.2. The van der Waals surface area contributed by atoms with Gasteiger partial charge in [0.2, 0.25) is 0 Å². The van der Waals surface area contributed by atoms with Crippen LogP contribution in [0.15, 0.2) is 28.7 Å². The molecule has 3 nitrogen and oxygen atoms in total. The van der Waals surface area contributed by atoms with E-state index in [9.17, 15) is 0 Å². The lowest BCUT2D eigenvalue weighted by Crippen LogP contribution is -2.10. The fraction of sp³-hybridized carbons (Fsp3) is 0.385. The molecule has 2 aromatic heterocycles. The van der Waals surface area contributed by atoms with Crippen molar-refractivity contribution in [2.45, 2.75) is 37.0 Å². The average Bonchev–Trinajstić information content (AvgIpc) is 2.77. The van der Waals surface area contributed by atoms with E-state index in [0.29, 0.717) is 5.69 Å². The van der Waals surface area contributed by atoms with Crippen LogP contribution in [0.4, 0.5) is 5.69 Å². The topological polar surface area (TPSA) is 51.8 Å². The van der Waals surface area contributed by atoms with E-state index in [0.717, 1.165) is 16.5 Å². The smallest absolute Gasteiger partial charge is 0.0982 e. The lowest BCUT2D eigenvalue weighted by Gasteiger charge is -2.13. The molecular weight excluding hydrogens is 262 g/mol.